The molecule has 3 unspecified atom stereocenters. The molecule has 1 heterocycles. The van der Waals surface area contributed by atoms with Gasteiger partial charge in [0.25, 0.3) is 0 Å². The Bertz CT molecular complexity index is 2760. The Labute approximate surface area is 323 Å². The van der Waals surface area contributed by atoms with E-state index in [-0.39, 0.29) is 10.8 Å². The molecule has 8 aliphatic rings. The van der Waals surface area contributed by atoms with Crippen LogP contribution in [0.3, 0.4) is 0 Å². The minimum atomic E-state index is 0.120. The molecule has 6 saturated carbocycles. The molecule has 1 aromatic heterocycles. The molecule has 6 bridgehead atoms. The third kappa shape index (κ3) is 3.69. The van der Waals surface area contributed by atoms with E-state index < -0.39 is 0 Å². The molecule has 0 radical (unpaired) electrons. The summed E-state index contributed by atoms with van der Waals surface area (Å²) in [6, 6.07) is 49.5. The summed E-state index contributed by atoms with van der Waals surface area (Å²) >= 11 is 0. The van der Waals surface area contributed by atoms with Crippen LogP contribution in [0.5, 0.6) is 0 Å². The summed E-state index contributed by atoms with van der Waals surface area (Å²) in [6.45, 7) is 0. The van der Waals surface area contributed by atoms with Gasteiger partial charge < -0.3 is 9.32 Å². The van der Waals surface area contributed by atoms with E-state index in [1.165, 1.54) is 102 Å². The van der Waals surface area contributed by atoms with Gasteiger partial charge in [-0.15, -0.1) is 0 Å². The fourth-order valence-electron chi connectivity index (χ4n) is 15.1. The number of hydrogen-bond acceptors (Lipinski definition) is 2. The molecule has 0 amide bonds. The molecule has 7 aromatic rings. The van der Waals surface area contributed by atoms with Crippen molar-refractivity contribution in [1.29, 1.82) is 0 Å². The topological polar surface area (TPSA) is 16.4 Å². The summed E-state index contributed by atoms with van der Waals surface area (Å²) in [6.07, 6.45) is 12.5. The Kier molecular flexibility index (Phi) is 5.71. The zero-order chi connectivity index (χ0) is 35.6. The van der Waals surface area contributed by atoms with Gasteiger partial charge >= 0.3 is 0 Å². The van der Waals surface area contributed by atoms with Crippen LogP contribution in [0, 0.1) is 35.5 Å². The highest BCUT2D eigenvalue weighted by Crippen LogP contribution is 2.70. The molecule has 6 fully saturated rings. The second kappa shape index (κ2) is 10.4. The smallest absolute Gasteiger partial charge is 0.137 e. The highest BCUT2D eigenvalue weighted by molar-refractivity contribution is 6.06. The van der Waals surface area contributed by atoms with Crippen LogP contribution < -0.4 is 4.90 Å². The van der Waals surface area contributed by atoms with Gasteiger partial charge in [0.15, 0.2) is 0 Å². The molecular weight excluding hydrogens is 667 g/mol. The van der Waals surface area contributed by atoms with Gasteiger partial charge in [0.05, 0.1) is 0 Å². The molecule has 55 heavy (non-hydrogen) atoms. The maximum absolute atomic E-state index is 6.57. The van der Waals surface area contributed by atoms with E-state index in [2.05, 4.69) is 132 Å². The predicted octanol–water partition coefficient (Wildman–Crippen LogP) is 13.9. The Morgan fingerprint density at radius 3 is 1.85 bits per heavy atom. The number of rotatable bonds is 3. The zero-order valence-electron chi connectivity index (χ0n) is 31.3. The number of furan rings is 1. The van der Waals surface area contributed by atoms with Crippen molar-refractivity contribution in [2.24, 2.45) is 35.5 Å². The number of anilines is 3. The lowest BCUT2D eigenvalue weighted by Gasteiger charge is -2.61. The van der Waals surface area contributed by atoms with Gasteiger partial charge in [-0.25, -0.2) is 0 Å². The van der Waals surface area contributed by atoms with E-state index in [1.807, 2.05) is 0 Å². The van der Waals surface area contributed by atoms with E-state index in [0.29, 0.717) is 0 Å². The minimum Gasteiger partial charge on any atom is -0.456 e. The van der Waals surface area contributed by atoms with Gasteiger partial charge in [0, 0.05) is 44.7 Å². The lowest BCUT2D eigenvalue weighted by Crippen LogP contribution is -2.55. The van der Waals surface area contributed by atoms with Crippen molar-refractivity contribution in [2.45, 2.75) is 68.6 Å². The van der Waals surface area contributed by atoms with Crippen molar-refractivity contribution in [3.05, 3.63) is 150 Å². The number of benzene rings is 6. The maximum Gasteiger partial charge on any atom is 0.137 e. The van der Waals surface area contributed by atoms with Crippen LogP contribution in [0.15, 0.2) is 132 Å². The van der Waals surface area contributed by atoms with E-state index in [4.69, 9.17) is 4.42 Å². The third-order valence-corrected chi connectivity index (χ3v) is 16.7. The summed E-state index contributed by atoms with van der Waals surface area (Å²) in [4.78, 5) is 2.56. The number of hydrogen-bond donors (Lipinski definition) is 0. The SMILES string of the molecule is c1ccc2c(c1)-c1cc(N(c3ccc4c(c3)C3(c5ccccc5-4)C4CC5CC(C4)CC3C5)c3ccc4c(c3)oc3ccccc34)ccc1C21CC2CCC1C2. The molecule has 8 aliphatic carbocycles. The second-order valence-corrected chi connectivity index (χ2v) is 18.9. The van der Waals surface area contributed by atoms with Gasteiger partial charge in [-0.1, -0.05) is 85.3 Å². The molecule has 0 aliphatic heterocycles. The maximum atomic E-state index is 6.57. The molecule has 6 aromatic carbocycles. The van der Waals surface area contributed by atoms with E-state index >= 15 is 0 Å². The lowest BCUT2D eigenvalue weighted by molar-refractivity contribution is -0.0399. The van der Waals surface area contributed by atoms with Gasteiger partial charge in [0.2, 0.25) is 0 Å². The first-order valence-electron chi connectivity index (χ1n) is 21.4. The monoisotopic (exact) mass is 711 g/mol. The van der Waals surface area contributed by atoms with Crippen LogP contribution >= 0.6 is 0 Å². The highest BCUT2D eigenvalue weighted by atomic mass is 16.3. The largest absolute Gasteiger partial charge is 0.456 e. The standard InChI is InChI=1S/C53H45NO/c1-4-10-46-41(8-1)45-27-37(17-20-47(45)52(46)30-31-13-14-34(52)22-31)54(39-16-19-44-43-9-3-6-12-50(43)55-51(44)29-39)38-15-18-42-40-7-2-5-11-48(40)53(49(42)28-38)35-23-32-21-33(25-35)26-36(53)24-32/h1-12,15-20,27-29,31-36H,13-14,21-26,30H2. The fraction of sp³-hybridized carbons (Fsp3) is 0.321. The second-order valence-electron chi connectivity index (χ2n) is 18.9. The van der Waals surface area contributed by atoms with Crippen LogP contribution in [0.4, 0.5) is 17.1 Å². The zero-order valence-corrected chi connectivity index (χ0v) is 31.3. The molecule has 268 valence electrons. The Morgan fingerprint density at radius 2 is 1.05 bits per heavy atom. The first kappa shape index (κ1) is 30.2. The van der Waals surface area contributed by atoms with Crippen LogP contribution in [0.2, 0.25) is 0 Å². The predicted molar refractivity (Wildman–Crippen MR) is 223 cm³/mol. The van der Waals surface area contributed by atoms with E-state index in [9.17, 15) is 0 Å². The van der Waals surface area contributed by atoms with Crippen molar-refractivity contribution < 1.29 is 4.42 Å². The van der Waals surface area contributed by atoms with Crippen molar-refractivity contribution in [1.82, 2.24) is 0 Å². The first-order valence-corrected chi connectivity index (χ1v) is 21.4. The van der Waals surface area contributed by atoms with Gasteiger partial charge in [0.1, 0.15) is 11.2 Å². The van der Waals surface area contributed by atoms with Crippen molar-refractivity contribution >= 4 is 39.0 Å². The van der Waals surface area contributed by atoms with Crippen LogP contribution in [-0.4, -0.2) is 0 Å². The van der Waals surface area contributed by atoms with Crippen molar-refractivity contribution in [3.8, 4) is 22.3 Å². The summed E-state index contributed by atoms with van der Waals surface area (Å²) < 4.78 is 6.57. The lowest BCUT2D eigenvalue weighted by atomic mass is 9.43. The summed E-state index contributed by atoms with van der Waals surface area (Å²) in [5.41, 5.74) is 18.1. The average molecular weight is 712 g/mol. The molecule has 2 nitrogen and oxygen atoms in total. The van der Waals surface area contributed by atoms with Gasteiger partial charge in [-0.05, 0) is 174 Å². The normalized spacial score (nSPS) is 31.1. The summed E-state index contributed by atoms with van der Waals surface area (Å²) in [7, 11) is 0. The van der Waals surface area contributed by atoms with Gasteiger partial charge in [-0.3, -0.25) is 0 Å². The molecule has 0 saturated heterocycles. The van der Waals surface area contributed by atoms with Crippen molar-refractivity contribution in [2.75, 3.05) is 4.90 Å². The Balaban J connectivity index is 0.995. The van der Waals surface area contributed by atoms with Crippen LogP contribution in [0.1, 0.15) is 80.0 Å². The average Bonchev–Trinajstić information content (AvgIpc) is 4.03. The molecule has 2 spiro atoms. The third-order valence-electron chi connectivity index (χ3n) is 16.7. The number of nitrogens with zero attached hydrogens (tertiary/aromatic N) is 1. The number of para-hydroxylation sites is 1. The van der Waals surface area contributed by atoms with Crippen molar-refractivity contribution in [3.63, 3.8) is 0 Å². The Morgan fingerprint density at radius 1 is 0.436 bits per heavy atom. The molecule has 3 atom stereocenters. The molecule has 15 rings (SSSR count). The fourth-order valence-corrected chi connectivity index (χ4v) is 15.1. The summed E-state index contributed by atoms with van der Waals surface area (Å²) in [5, 5.41) is 2.36. The number of fused-ring (bicyclic) bond motifs is 14. The van der Waals surface area contributed by atoms with Crippen LogP contribution in [-0.2, 0) is 10.8 Å². The van der Waals surface area contributed by atoms with E-state index in [0.717, 1.165) is 52.4 Å². The quantitative estimate of drug-likeness (QED) is 0.181. The first-order chi connectivity index (χ1) is 27.2. The Hall–Kier alpha value is -5.08. The van der Waals surface area contributed by atoms with Crippen LogP contribution in [0.25, 0.3) is 44.2 Å². The molecule has 2 heteroatoms. The molecular formula is C53H45NO. The molecule has 0 N–H and O–H groups in total. The van der Waals surface area contributed by atoms with Gasteiger partial charge in [-0.2, -0.15) is 0 Å². The highest BCUT2D eigenvalue weighted by Gasteiger charge is 2.62. The minimum absolute atomic E-state index is 0.120. The summed E-state index contributed by atoms with van der Waals surface area (Å²) in [5.74, 6) is 4.93. The van der Waals surface area contributed by atoms with E-state index in [1.54, 1.807) is 22.3 Å².